The Bertz CT molecular complexity index is 999. The van der Waals surface area contributed by atoms with Gasteiger partial charge in [-0.05, 0) is 43.9 Å². The number of ether oxygens (including phenoxy) is 2. The van der Waals surface area contributed by atoms with E-state index in [0.717, 1.165) is 30.6 Å². The molecule has 1 aliphatic carbocycles. The molecule has 8 heteroatoms. The highest BCUT2D eigenvalue weighted by Gasteiger charge is 2.35. The Hall–Kier alpha value is -2.97. The molecule has 0 bridgehead atoms. The average Bonchev–Trinajstić information content (AvgIpc) is 2.78. The van der Waals surface area contributed by atoms with Crippen LogP contribution >= 0.6 is 0 Å². The molecular weight excluding hydrogens is 420 g/mol. The average molecular weight is 453 g/mol. The zero-order valence-corrected chi connectivity index (χ0v) is 19.3. The van der Waals surface area contributed by atoms with Crippen LogP contribution in [0.15, 0.2) is 36.4 Å². The Morgan fingerprint density at radius 2 is 1.94 bits per heavy atom. The number of aliphatic hydroxyl groups is 1. The summed E-state index contributed by atoms with van der Waals surface area (Å²) in [5, 5.41) is 23.2. The predicted molar refractivity (Wildman–Crippen MR) is 128 cm³/mol. The lowest BCUT2D eigenvalue weighted by Crippen LogP contribution is -2.47. The van der Waals surface area contributed by atoms with Crippen LogP contribution in [0.3, 0.4) is 0 Å². The van der Waals surface area contributed by atoms with E-state index in [-0.39, 0.29) is 18.2 Å². The zero-order valence-electron chi connectivity index (χ0n) is 19.3. The van der Waals surface area contributed by atoms with Crippen molar-refractivity contribution in [1.82, 2.24) is 4.98 Å². The summed E-state index contributed by atoms with van der Waals surface area (Å²) in [6, 6.07) is 11.4. The van der Waals surface area contributed by atoms with Gasteiger partial charge < -0.3 is 30.2 Å². The molecule has 1 saturated carbocycles. The maximum atomic E-state index is 12.5. The second-order valence-corrected chi connectivity index (χ2v) is 8.92. The molecule has 0 radical (unpaired) electrons. The van der Waals surface area contributed by atoms with Crippen molar-refractivity contribution >= 4 is 28.9 Å². The summed E-state index contributed by atoms with van der Waals surface area (Å²) in [6.07, 6.45) is 4.15. The van der Waals surface area contributed by atoms with E-state index < -0.39 is 11.6 Å². The molecule has 0 atom stereocenters. The molecule has 2 aliphatic rings. The van der Waals surface area contributed by atoms with Gasteiger partial charge >= 0.3 is 5.97 Å². The van der Waals surface area contributed by atoms with Crippen LogP contribution in [0.25, 0.3) is 0 Å². The Kier molecular flexibility index (Phi) is 6.95. The normalized spacial score (nSPS) is 17.8. The van der Waals surface area contributed by atoms with Crippen molar-refractivity contribution in [2.24, 2.45) is 5.92 Å². The van der Waals surface area contributed by atoms with Crippen molar-refractivity contribution < 1.29 is 19.4 Å². The fraction of sp³-hybridized carbons (Fsp3) is 0.480. The summed E-state index contributed by atoms with van der Waals surface area (Å²) >= 11 is 0. The van der Waals surface area contributed by atoms with Gasteiger partial charge in [0, 0.05) is 37.5 Å². The number of rotatable bonds is 8. The first kappa shape index (κ1) is 23.2. The van der Waals surface area contributed by atoms with Gasteiger partial charge in [0.15, 0.2) is 5.69 Å². The Morgan fingerprint density at radius 3 is 2.52 bits per heavy atom. The Morgan fingerprint density at radius 1 is 1.24 bits per heavy atom. The van der Waals surface area contributed by atoms with Crippen molar-refractivity contribution in [2.45, 2.75) is 37.7 Å². The van der Waals surface area contributed by atoms with E-state index in [2.05, 4.69) is 15.2 Å². The maximum absolute atomic E-state index is 12.5. The first-order valence-electron chi connectivity index (χ1n) is 11.4. The summed E-state index contributed by atoms with van der Waals surface area (Å²) in [7, 11) is 2.93. The maximum Gasteiger partial charge on any atom is 0.356 e. The molecule has 3 N–H and O–H groups in total. The third kappa shape index (κ3) is 5.02. The lowest BCUT2D eigenvalue weighted by Gasteiger charge is -2.40. The van der Waals surface area contributed by atoms with Crippen LogP contribution in [0.2, 0.25) is 0 Å². The number of hydrogen-bond acceptors (Lipinski definition) is 8. The zero-order chi connectivity index (χ0) is 23.4. The Labute approximate surface area is 194 Å². The number of esters is 1. The van der Waals surface area contributed by atoms with Crippen molar-refractivity contribution in [2.75, 3.05) is 44.1 Å². The van der Waals surface area contributed by atoms with Crippen molar-refractivity contribution in [3.05, 3.63) is 47.7 Å². The van der Waals surface area contributed by atoms with Crippen LogP contribution in [-0.4, -0.2) is 61.3 Å². The van der Waals surface area contributed by atoms with Crippen LogP contribution in [0.5, 0.6) is 0 Å². The summed E-state index contributed by atoms with van der Waals surface area (Å²) < 4.78 is 10.2. The number of methoxy groups -OCH3 is 2. The van der Waals surface area contributed by atoms with E-state index in [4.69, 9.17) is 14.9 Å². The van der Waals surface area contributed by atoms with Gasteiger partial charge in [0.05, 0.1) is 30.6 Å². The second-order valence-electron chi connectivity index (χ2n) is 8.92. The number of pyridine rings is 1. The fourth-order valence-corrected chi connectivity index (χ4v) is 4.48. The number of piperidine rings is 1. The van der Waals surface area contributed by atoms with Crippen LogP contribution in [0.4, 0.5) is 17.2 Å². The van der Waals surface area contributed by atoms with Crippen molar-refractivity contribution in [3.8, 4) is 0 Å². The van der Waals surface area contributed by atoms with Crippen LogP contribution in [-0.2, 0) is 9.47 Å². The van der Waals surface area contributed by atoms with Gasteiger partial charge in [-0.3, -0.25) is 0 Å². The monoisotopic (exact) mass is 452 g/mol. The molecule has 1 aliphatic heterocycles. The molecule has 2 fully saturated rings. The molecular formula is C25H32N4O4. The van der Waals surface area contributed by atoms with E-state index in [1.54, 1.807) is 13.2 Å². The molecule has 33 heavy (non-hydrogen) atoms. The quantitative estimate of drug-likeness (QED) is 0.413. The molecule has 8 nitrogen and oxygen atoms in total. The van der Waals surface area contributed by atoms with Crippen molar-refractivity contribution in [1.29, 1.82) is 5.41 Å². The topological polar surface area (TPSA) is 108 Å². The van der Waals surface area contributed by atoms with Gasteiger partial charge in [0.2, 0.25) is 0 Å². The molecule has 0 unspecified atom stereocenters. The fourth-order valence-electron chi connectivity index (χ4n) is 4.48. The van der Waals surface area contributed by atoms with E-state index in [9.17, 15) is 9.90 Å². The number of carbonyl (C=O) groups excluding carboxylic acids is 1. The third-order valence-electron chi connectivity index (χ3n) is 6.66. The molecule has 1 aromatic carbocycles. The number of aromatic nitrogens is 1. The molecule has 0 spiro atoms. The van der Waals surface area contributed by atoms with E-state index in [0.29, 0.717) is 43.0 Å². The van der Waals surface area contributed by atoms with Gasteiger partial charge in [-0.25, -0.2) is 9.78 Å². The highest BCUT2D eigenvalue weighted by Crippen LogP contribution is 2.39. The molecule has 176 valence electrons. The number of hydrogen-bond donors (Lipinski definition) is 3. The third-order valence-corrected chi connectivity index (χ3v) is 6.66. The van der Waals surface area contributed by atoms with Crippen molar-refractivity contribution in [3.63, 3.8) is 0 Å². The highest BCUT2D eigenvalue weighted by atomic mass is 16.5. The molecule has 0 amide bonds. The number of anilines is 3. The summed E-state index contributed by atoms with van der Waals surface area (Å²) in [5.74, 6) is 0.136. The number of nitrogens with one attached hydrogen (secondary N) is 2. The summed E-state index contributed by atoms with van der Waals surface area (Å²) in [5.41, 5.74) is 2.18. The van der Waals surface area contributed by atoms with Gasteiger partial charge in [0.25, 0.3) is 0 Å². The minimum Gasteiger partial charge on any atom is -0.464 e. The van der Waals surface area contributed by atoms with Gasteiger partial charge in [-0.1, -0.05) is 24.6 Å². The lowest BCUT2D eigenvalue weighted by molar-refractivity contribution is -0.0471. The summed E-state index contributed by atoms with van der Waals surface area (Å²) in [6.45, 7) is 1.45. The van der Waals surface area contributed by atoms with Gasteiger partial charge in [-0.15, -0.1) is 0 Å². The Balaban J connectivity index is 1.78. The van der Waals surface area contributed by atoms with Gasteiger partial charge in [-0.2, -0.15) is 0 Å². The molecule has 4 rings (SSSR count). The number of para-hydroxylation sites is 1. The molecule has 2 heterocycles. The van der Waals surface area contributed by atoms with E-state index in [1.165, 1.54) is 7.11 Å². The minimum atomic E-state index is -0.865. The van der Waals surface area contributed by atoms with E-state index in [1.807, 2.05) is 30.3 Å². The molecule has 1 aromatic heterocycles. The van der Waals surface area contributed by atoms with Crippen LogP contribution in [0, 0.1) is 11.3 Å². The smallest absolute Gasteiger partial charge is 0.356 e. The summed E-state index contributed by atoms with van der Waals surface area (Å²) in [4.78, 5) is 19.2. The number of benzene rings is 1. The molecule has 2 aromatic rings. The number of nitrogens with zero attached hydrogens (tertiary/aromatic N) is 2. The lowest BCUT2D eigenvalue weighted by atomic mass is 9.78. The van der Waals surface area contributed by atoms with E-state index >= 15 is 0 Å². The number of carbonyl (C=O) groups is 1. The van der Waals surface area contributed by atoms with Crippen LogP contribution in [0.1, 0.15) is 48.2 Å². The minimum absolute atomic E-state index is 0.182. The first-order chi connectivity index (χ1) is 15.9. The second kappa shape index (κ2) is 9.89. The molecule has 1 saturated heterocycles. The highest BCUT2D eigenvalue weighted by molar-refractivity contribution is 6.10. The first-order valence-corrected chi connectivity index (χ1v) is 11.4. The van der Waals surface area contributed by atoms with Crippen LogP contribution < -0.4 is 10.2 Å². The SMILES string of the molecule is COCC1(O)CCN(c2cc(C(=O)OC)nc(Nc3ccccc3)c2C(=N)C2CCC2)CC1. The van der Waals surface area contributed by atoms with Gasteiger partial charge in [0.1, 0.15) is 5.82 Å². The standard InChI is InChI=1S/C25H32N4O4/c1-32-16-25(31)11-13-29(14-12-25)20-15-19(24(30)33-2)28-23(27-18-9-4-3-5-10-18)21(20)22(26)17-7-6-8-17/h3-5,9-10,15,17,26,31H,6-8,11-14,16H2,1-2H3,(H,27,28). The predicted octanol–water partition coefficient (Wildman–Crippen LogP) is 3.76. The largest absolute Gasteiger partial charge is 0.464 e.